The summed E-state index contributed by atoms with van der Waals surface area (Å²) in [6, 6.07) is 0.592. The quantitative estimate of drug-likeness (QED) is 0.846. The zero-order valence-corrected chi connectivity index (χ0v) is 12.6. The Labute approximate surface area is 122 Å². The Morgan fingerprint density at radius 3 is 2.68 bits per heavy atom. The van der Waals surface area contributed by atoms with E-state index in [9.17, 15) is 4.79 Å². The predicted molar refractivity (Wildman–Crippen MR) is 79.5 cm³/mol. The molecule has 0 aromatic carbocycles. The Hall–Kier alpha value is -0.280. The van der Waals surface area contributed by atoms with Gasteiger partial charge >= 0.3 is 0 Å². The molecule has 1 saturated carbocycles. The Morgan fingerprint density at radius 1 is 1.11 bits per heavy atom. The first-order chi connectivity index (χ1) is 8.84. The van der Waals surface area contributed by atoms with Gasteiger partial charge in [-0.25, -0.2) is 0 Å². The third kappa shape index (κ3) is 3.43. The van der Waals surface area contributed by atoms with Crippen molar-refractivity contribution in [3.05, 3.63) is 0 Å². The molecular weight excluding hydrogens is 260 g/mol. The van der Waals surface area contributed by atoms with E-state index in [-0.39, 0.29) is 12.4 Å². The van der Waals surface area contributed by atoms with E-state index >= 15 is 0 Å². The average Bonchev–Trinajstić information content (AvgIpc) is 2.91. The van der Waals surface area contributed by atoms with Crippen molar-refractivity contribution in [1.29, 1.82) is 0 Å². The van der Waals surface area contributed by atoms with Crippen LogP contribution in [0.3, 0.4) is 0 Å². The Morgan fingerprint density at radius 2 is 1.89 bits per heavy atom. The summed E-state index contributed by atoms with van der Waals surface area (Å²) in [4.78, 5) is 14.8. The molecule has 3 atom stereocenters. The smallest absolute Gasteiger partial charge is 0.223 e. The Bertz CT molecular complexity index is 303. The van der Waals surface area contributed by atoms with Crippen molar-refractivity contribution in [2.75, 3.05) is 19.6 Å². The van der Waals surface area contributed by atoms with Crippen molar-refractivity contribution < 1.29 is 4.79 Å². The maximum Gasteiger partial charge on any atom is 0.223 e. The first-order valence-electron chi connectivity index (χ1n) is 7.85. The van der Waals surface area contributed by atoms with Crippen molar-refractivity contribution >= 4 is 18.3 Å². The van der Waals surface area contributed by atoms with Crippen molar-refractivity contribution in [2.45, 2.75) is 57.4 Å². The van der Waals surface area contributed by atoms with E-state index in [4.69, 9.17) is 0 Å². The SMILES string of the molecule is Cl.O=C(CC1CCNC1)N1CCCC2CCCCC21. The number of piperidine rings is 1. The second kappa shape index (κ2) is 6.94. The molecule has 0 aromatic heterocycles. The molecule has 19 heavy (non-hydrogen) atoms. The maximum absolute atomic E-state index is 12.5. The van der Waals surface area contributed by atoms with Gasteiger partial charge in [-0.1, -0.05) is 12.8 Å². The van der Waals surface area contributed by atoms with Gasteiger partial charge in [0, 0.05) is 19.0 Å². The lowest BCUT2D eigenvalue weighted by molar-refractivity contribution is -0.138. The highest BCUT2D eigenvalue weighted by atomic mass is 35.5. The van der Waals surface area contributed by atoms with Crippen LogP contribution in [0.25, 0.3) is 0 Å². The molecular formula is C15H27ClN2O. The molecule has 0 spiro atoms. The van der Waals surface area contributed by atoms with E-state index in [1.807, 2.05) is 0 Å². The number of hydrogen-bond donors (Lipinski definition) is 1. The fourth-order valence-corrected chi connectivity index (χ4v) is 4.19. The number of halogens is 1. The summed E-state index contributed by atoms with van der Waals surface area (Å²) in [5.74, 6) is 1.86. The van der Waals surface area contributed by atoms with Crippen LogP contribution in [-0.2, 0) is 4.79 Å². The van der Waals surface area contributed by atoms with Crippen molar-refractivity contribution in [2.24, 2.45) is 11.8 Å². The van der Waals surface area contributed by atoms with Gasteiger partial charge in [0.1, 0.15) is 0 Å². The van der Waals surface area contributed by atoms with Gasteiger partial charge in [0.25, 0.3) is 0 Å². The minimum absolute atomic E-state index is 0. The molecule has 3 aliphatic rings. The van der Waals surface area contributed by atoms with Crippen LogP contribution in [0, 0.1) is 11.8 Å². The number of nitrogens with zero attached hydrogens (tertiary/aromatic N) is 1. The lowest BCUT2D eigenvalue weighted by Crippen LogP contribution is -2.50. The number of rotatable bonds is 2. The van der Waals surface area contributed by atoms with Crippen LogP contribution in [0.1, 0.15) is 51.4 Å². The molecule has 0 radical (unpaired) electrons. The van der Waals surface area contributed by atoms with Crippen LogP contribution < -0.4 is 5.32 Å². The molecule has 4 heteroatoms. The molecule has 1 amide bonds. The second-order valence-electron chi connectivity index (χ2n) is 6.40. The molecule has 0 bridgehead atoms. The average molecular weight is 287 g/mol. The van der Waals surface area contributed by atoms with Gasteiger partial charge in [-0.05, 0) is 57.0 Å². The second-order valence-corrected chi connectivity index (χ2v) is 6.40. The summed E-state index contributed by atoms with van der Waals surface area (Å²) in [6.45, 7) is 3.18. The lowest BCUT2D eigenvalue weighted by atomic mass is 9.78. The van der Waals surface area contributed by atoms with E-state index in [0.29, 0.717) is 17.9 Å². The summed E-state index contributed by atoms with van der Waals surface area (Å²) in [6.07, 6.45) is 9.91. The number of nitrogens with one attached hydrogen (secondary N) is 1. The molecule has 3 rings (SSSR count). The molecule has 1 aliphatic carbocycles. The molecule has 3 unspecified atom stereocenters. The highest BCUT2D eigenvalue weighted by molar-refractivity contribution is 5.85. The standard InChI is InChI=1S/C15H26N2O.ClH/c18-15(10-12-7-8-16-11-12)17-9-3-5-13-4-1-2-6-14(13)17;/h12-14,16H,1-11H2;1H. The molecule has 2 heterocycles. The van der Waals surface area contributed by atoms with E-state index in [1.165, 1.54) is 44.9 Å². The predicted octanol–water partition coefficient (Wildman–Crippen LogP) is 2.59. The van der Waals surface area contributed by atoms with E-state index < -0.39 is 0 Å². The molecule has 2 aliphatic heterocycles. The van der Waals surface area contributed by atoms with Gasteiger partial charge in [-0.15, -0.1) is 12.4 Å². The summed E-state index contributed by atoms with van der Waals surface area (Å²) >= 11 is 0. The molecule has 0 aromatic rings. The Kier molecular flexibility index (Phi) is 5.52. The first kappa shape index (κ1) is 15.1. The van der Waals surface area contributed by atoms with Crippen molar-refractivity contribution in [3.63, 3.8) is 0 Å². The van der Waals surface area contributed by atoms with Gasteiger partial charge in [-0.2, -0.15) is 0 Å². The Balaban J connectivity index is 0.00000133. The number of likely N-dealkylation sites (tertiary alicyclic amines) is 1. The van der Waals surface area contributed by atoms with Crippen LogP contribution in [0.5, 0.6) is 0 Å². The normalized spacial score (nSPS) is 34.5. The topological polar surface area (TPSA) is 32.3 Å². The van der Waals surface area contributed by atoms with Crippen LogP contribution in [-0.4, -0.2) is 36.5 Å². The molecule has 2 saturated heterocycles. The molecule has 110 valence electrons. The van der Waals surface area contributed by atoms with Crippen LogP contribution in [0.4, 0.5) is 0 Å². The van der Waals surface area contributed by atoms with Gasteiger partial charge in [0.2, 0.25) is 5.91 Å². The number of carbonyl (C=O) groups excluding carboxylic acids is 1. The fourth-order valence-electron chi connectivity index (χ4n) is 4.19. The lowest BCUT2D eigenvalue weighted by Gasteiger charge is -2.44. The van der Waals surface area contributed by atoms with Crippen LogP contribution in [0.2, 0.25) is 0 Å². The third-order valence-corrected chi connectivity index (χ3v) is 5.19. The summed E-state index contributed by atoms with van der Waals surface area (Å²) in [5.41, 5.74) is 0. The highest BCUT2D eigenvalue weighted by Crippen LogP contribution is 2.35. The van der Waals surface area contributed by atoms with E-state index in [1.54, 1.807) is 0 Å². The summed E-state index contributed by atoms with van der Waals surface area (Å²) in [5, 5.41) is 3.37. The number of fused-ring (bicyclic) bond motifs is 1. The number of carbonyl (C=O) groups is 1. The van der Waals surface area contributed by atoms with Gasteiger partial charge in [-0.3, -0.25) is 4.79 Å². The fraction of sp³-hybridized carbons (Fsp3) is 0.933. The molecule has 3 fully saturated rings. The van der Waals surface area contributed by atoms with Crippen LogP contribution >= 0.6 is 12.4 Å². The van der Waals surface area contributed by atoms with Crippen molar-refractivity contribution in [1.82, 2.24) is 10.2 Å². The summed E-state index contributed by atoms with van der Waals surface area (Å²) < 4.78 is 0. The van der Waals surface area contributed by atoms with E-state index in [0.717, 1.165) is 32.0 Å². The van der Waals surface area contributed by atoms with Gasteiger partial charge in [0.15, 0.2) is 0 Å². The first-order valence-corrected chi connectivity index (χ1v) is 7.85. The number of amides is 1. The summed E-state index contributed by atoms with van der Waals surface area (Å²) in [7, 11) is 0. The molecule has 3 nitrogen and oxygen atoms in total. The highest BCUT2D eigenvalue weighted by Gasteiger charge is 2.36. The zero-order chi connectivity index (χ0) is 12.4. The van der Waals surface area contributed by atoms with Gasteiger partial charge in [0.05, 0.1) is 0 Å². The van der Waals surface area contributed by atoms with Crippen LogP contribution in [0.15, 0.2) is 0 Å². The van der Waals surface area contributed by atoms with E-state index in [2.05, 4.69) is 10.2 Å². The largest absolute Gasteiger partial charge is 0.339 e. The maximum atomic E-state index is 12.5. The zero-order valence-electron chi connectivity index (χ0n) is 11.8. The molecule has 1 N–H and O–H groups in total. The monoisotopic (exact) mass is 286 g/mol. The van der Waals surface area contributed by atoms with Crippen molar-refractivity contribution in [3.8, 4) is 0 Å². The minimum Gasteiger partial charge on any atom is -0.339 e. The minimum atomic E-state index is 0. The number of hydrogen-bond acceptors (Lipinski definition) is 2. The van der Waals surface area contributed by atoms with Gasteiger partial charge < -0.3 is 10.2 Å². The third-order valence-electron chi connectivity index (χ3n) is 5.19.